The Bertz CT molecular complexity index is 573. The lowest BCUT2D eigenvalue weighted by Gasteiger charge is -2.27. The van der Waals surface area contributed by atoms with E-state index in [1.807, 2.05) is 25.2 Å². The van der Waals surface area contributed by atoms with Gasteiger partial charge in [0.05, 0.1) is 0 Å². The third-order valence-corrected chi connectivity index (χ3v) is 5.23. The highest BCUT2D eigenvalue weighted by atomic mass is 16.2. The number of nitrogens with zero attached hydrogens (tertiary/aromatic N) is 1. The minimum absolute atomic E-state index is 0.0257. The first-order chi connectivity index (χ1) is 13.1. The van der Waals surface area contributed by atoms with Crippen LogP contribution >= 0.6 is 0 Å². The fourth-order valence-electron chi connectivity index (χ4n) is 3.34. The molecule has 0 aliphatic heterocycles. The highest BCUT2D eigenvalue weighted by Gasteiger charge is 2.15. The maximum Gasteiger partial charge on any atom is 0.315 e. The number of hydrogen-bond acceptors (Lipinski definition) is 3. The zero-order chi connectivity index (χ0) is 19.5. The number of benzene rings is 1. The van der Waals surface area contributed by atoms with Crippen molar-refractivity contribution in [1.82, 2.24) is 16.0 Å². The number of urea groups is 1. The van der Waals surface area contributed by atoms with E-state index in [2.05, 4.69) is 39.9 Å². The van der Waals surface area contributed by atoms with Crippen molar-refractivity contribution in [3.05, 3.63) is 30.3 Å². The first-order valence-electron chi connectivity index (χ1n) is 10.1. The predicted molar refractivity (Wildman–Crippen MR) is 110 cm³/mol. The van der Waals surface area contributed by atoms with Gasteiger partial charge < -0.3 is 20.9 Å². The summed E-state index contributed by atoms with van der Waals surface area (Å²) in [5, 5.41) is 8.85. The van der Waals surface area contributed by atoms with Gasteiger partial charge in [0.15, 0.2) is 0 Å². The van der Waals surface area contributed by atoms with Crippen LogP contribution in [0.4, 0.5) is 10.5 Å². The SMILES string of the molecule is CC(CNC(=O)CCCNC(=O)NC1CCCCC1)N(C)c1ccccc1. The molecule has 0 saturated heterocycles. The van der Waals surface area contributed by atoms with Crippen LogP contribution in [-0.4, -0.2) is 44.2 Å². The van der Waals surface area contributed by atoms with E-state index in [9.17, 15) is 9.59 Å². The Kier molecular flexibility index (Phi) is 8.95. The molecule has 27 heavy (non-hydrogen) atoms. The number of carbonyl (C=O) groups excluding carboxylic acids is 2. The van der Waals surface area contributed by atoms with E-state index in [1.54, 1.807) is 0 Å². The molecule has 1 aromatic rings. The van der Waals surface area contributed by atoms with Crippen LogP contribution in [0, 0.1) is 0 Å². The molecule has 6 heteroatoms. The average molecular weight is 375 g/mol. The minimum atomic E-state index is -0.111. The number of amides is 3. The highest BCUT2D eigenvalue weighted by molar-refractivity contribution is 5.76. The van der Waals surface area contributed by atoms with E-state index in [0.29, 0.717) is 32.0 Å². The van der Waals surface area contributed by atoms with Gasteiger partial charge in [0, 0.05) is 44.3 Å². The van der Waals surface area contributed by atoms with Crippen LogP contribution in [0.25, 0.3) is 0 Å². The summed E-state index contributed by atoms with van der Waals surface area (Å²) in [6.07, 6.45) is 6.88. The molecule has 1 saturated carbocycles. The van der Waals surface area contributed by atoms with E-state index in [4.69, 9.17) is 0 Å². The van der Waals surface area contributed by atoms with Crippen LogP contribution in [0.2, 0.25) is 0 Å². The molecule has 0 heterocycles. The zero-order valence-corrected chi connectivity index (χ0v) is 16.7. The van der Waals surface area contributed by atoms with Crippen LogP contribution in [0.15, 0.2) is 30.3 Å². The van der Waals surface area contributed by atoms with Gasteiger partial charge in [-0.05, 0) is 38.3 Å². The molecule has 6 nitrogen and oxygen atoms in total. The number of likely N-dealkylation sites (N-methyl/N-ethyl adjacent to an activating group) is 1. The molecular formula is C21H34N4O2. The quantitative estimate of drug-likeness (QED) is 0.582. The number of para-hydroxylation sites is 1. The van der Waals surface area contributed by atoms with Gasteiger partial charge in [0.25, 0.3) is 0 Å². The molecule has 1 atom stereocenters. The lowest BCUT2D eigenvalue weighted by atomic mass is 9.96. The van der Waals surface area contributed by atoms with Crippen molar-refractivity contribution in [1.29, 1.82) is 0 Å². The monoisotopic (exact) mass is 374 g/mol. The van der Waals surface area contributed by atoms with Gasteiger partial charge in [0.1, 0.15) is 0 Å². The minimum Gasteiger partial charge on any atom is -0.370 e. The van der Waals surface area contributed by atoms with Gasteiger partial charge in [-0.3, -0.25) is 4.79 Å². The van der Waals surface area contributed by atoms with Gasteiger partial charge in [-0.25, -0.2) is 4.79 Å². The lowest BCUT2D eigenvalue weighted by molar-refractivity contribution is -0.121. The third kappa shape index (κ3) is 7.89. The second-order valence-electron chi connectivity index (χ2n) is 7.44. The first-order valence-corrected chi connectivity index (χ1v) is 10.1. The first kappa shape index (κ1) is 21.1. The Labute approximate surface area is 163 Å². The van der Waals surface area contributed by atoms with Crippen molar-refractivity contribution in [3.8, 4) is 0 Å². The molecule has 1 unspecified atom stereocenters. The van der Waals surface area contributed by atoms with Crippen molar-refractivity contribution in [3.63, 3.8) is 0 Å². The standard InChI is InChI=1S/C21H34N4O2/c1-17(25(2)19-12-7-4-8-13-19)16-23-20(26)14-9-15-22-21(27)24-18-10-5-3-6-11-18/h4,7-8,12-13,17-18H,3,5-6,9-11,14-16H2,1-2H3,(H,23,26)(H2,22,24,27). The molecule has 150 valence electrons. The van der Waals surface area contributed by atoms with Crippen molar-refractivity contribution >= 4 is 17.6 Å². The van der Waals surface area contributed by atoms with E-state index < -0.39 is 0 Å². The van der Waals surface area contributed by atoms with Gasteiger partial charge in [-0.1, -0.05) is 37.5 Å². The Balaban J connectivity index is 1.54. The lowest BCUT2D eigenvalue weighted by Crippen LogP contribution is -2.43. The highest BCUT2D eigenvalue weighted by Crippen LogP contribution is 2.17. The largest absolute Gasteiger partial charge is 0.370 e. The van der Waals surface area contributed by atoms with Gasteiger partial charge >= 0.3 is 6.03 Å². The summed E-state index contributed by atoms with van der Waals surface area (Å²) >= 11 is 0. The average Bonchev–Trinajstić information content (AvgIpc) is 2.70. The van der Waals surface area contributed by atoms with Crippen molar-refractivity contribution < 1.29 is 9.59 Å². The normalized spacial score (nSPS) is 15.6. The third-order valence-electron chi connectivity index (χ3n) is 5.23. The molecule has 1 aliphatic rings. The Morgan fingerprint density at radius 1 is 1.11 bits per heavy atom. The second-order valence-corrected chi connectivity index (χ2v) is 7.44. The molecule has 3 amide bonds. The number of carbonyl (C=O) groups is 2. The summed E-state index contributed by atoms with van der Waals surface area (Å²) in [6, 6.07) is 10.5. The molecule has 1 aromatic carbocycles. The Morgan fingerprint density at radius 3 is 2.52 bits per heavy atom. The molecule has 2 rings (SSSR count). The smallest absolute Gasteiger partial charge is 0.315 e. The molecule has 0 spiro atoms. The van der Waals surface area contributed by atoms with Gasteiger partial charge in [-0.15, -0.1) is 0 Å². The fraction of sp³-hybridized carbons (Fsp3) is 0.619. The molecule has 1 aliphatic carbocycles. The number of anilines is 1. The molecule has 3 N–H and O–H groups in total. The van der Waals surface area contributed by atoms with Gasteiger partial charge in [-0.2, -0.15) is 0 Å². The second kappa shape index (κ2) is 11.5. The van der Waals surface area contributed by atoms with Crippen LogP contribution < -0.4 is 20.9 Å². The van der Waals surface area contributed by atoms with E-state index in [1.165, 1.54) is 19.3 Å². The zero-order valence-electron chi connectivity index (χ0n) is 16.7. The summed E-state index contributed by atoms with van der Waals surface area (Å²) < 4.78 is 0. The summed E-state index contributed by atoms with van der Waals surface area (Å²) in [4.78, 5) is 26.0. The van der Waals surface area contributed by atoms with E-state index >= 15 is 0 Å². The van der Waals surface area contributed by atoms with Crippen LogP contribution in [0.3, 0.4) is 0 Å². The van der Waals surface area contributed by atoms with Gasteiger partial charge in [0.2, 0.25) is 5.91 Å². The number of rotatable bonds is 9. The molecule has 0 bridgehead atoms. The molecule has 0 radical (unpaired) electrons. The van der Waals surface area contributed by atoms with E-state index in [-0.39, 0.29) is 18.0 Å². The summed E-state index contributed by atoms with van der Waals surface area (Å²) in [7, 11) is 2.03. The topological polar surface area (TPSA) is 73.5 Å². The molecular weight excluding hydrogens is 340 g/mol. The molecule has 0 aromatic heterocycles. The van der Waals surface area contributed by atoms with E-state index in [0.717, 1.165) is 18.5 Å². The number of nitrogens with one attached hydrogen (secondary N) is 3. The molecule has 1 fully saturated rings. The van der Waals surface area contributed by atoms with Crippen LogP contribution in [-0.2, 0) is 4.79 Å². The van der Waals surface area contributed by atoms with Crippen molar-refractivity contribution in [2.24, 2.45) is 0 Å². The summed E-state index contributed by atoms with van der Waals surface area (Å²) in [5.41, 5.74) is 1.13. The fourth-order valence-corrected chi connectivity index (χ4v) is 3.34. The Morgan fingerprint density at radius 2 is 1.81 bits per heavy atom. The predicted octanol–water partition coefficient (Wildman–Crippen LogP) is 3.04. The number of hydrogen-bond donors (Lipinski definition) is 3. The van der Waals surface area contributed by atoms with Crippen molar-refractivity contribution in [2.75, 3.05) is 25.0 Å². The Hall–Kier alpha value is -2.24. The van der Waals surface area contributed by atoms with Crippen LogP contribution in [0.1, 0.15) is 51.9 Å². The maximum atomic E-state index is 12.0. The summed E-state index contributed by atoms with van der Waals surface area (Å²) in [6.45, 7) is 3.20. The maximum absolute atomic E-state index is 12.0. The van der Waals surface area contributed by atoms with Crippen molar-refractivity contribution in [2.45, 2.75) is 64.0 Å². The summed E-state index contributed by atoms with van der Waals surface area (Å²) in [5.74, 6) is 0.0257. The van der Waals surface area contributed by atoms with Crippen LogP contribution in [0.5, 0.6) is 0 Å².